The van der Waals surface area contributed by atoms with E-state index in [1.54, 1.807) is 12.4 Å². The number of Topliss-reactive ketones (excluding diaryl/α,β-unsaturated/α-hetero) is 1. The minimum absolute atomic E-state index is 0.151. The van der Waals surface area contributed by atoms with Gasteiger partial charge in [-0.25, -0.2) is 0 Å². The number of hydrogen-bond acceptors (Lipinski definition) is 3. The lowest BCUT2D eigenvalue weighted by Gasteiger charge is -2.06. The predicted octanol–water partition coefficient (Wildman–Crippen LogP) is 1.18. The Morgan fingerprint density at radius 1 is 1.57 bits per heavy atom. The van der Waals surface area contributed by atoms with Crippen molar-refractivity contribution < 1.29 is 4.79 Å². The van der Waals surface area contributed by atoms with Crippen LogP contribution < -0.4 is 5.32 Å². The molecular formula is C11H14N2O. The second-order valence-electron chi connectivity index (χ2n) is 3.80. The highest BCUT2D eigenvalue weighted by atomic mass is 16.1. The van der Waals surface area contributed by atoms with Gasteiger partial charge < -0.3 is 5.32 Å². The number of ketones is 1. The Labute approximate surface area is 83.5 Å². The summed E-state index contributed by atoms with van der Waals surface area (Å²) in [5, 5.41) is 3.20. The highest BCUT2D eigenvalue weighted by molar-refractivity contribution is 5.98. The van der Waals surface area contributed by atoms with Crippen LogP contribution in [0.2, 0.25) is 0 Å². The first kappa shape index (κ1) is 9.34. The highest BCUT2D eigenvalue weighted by Gasteiger charge is 2.23. The molecule has 0 aromatic carbocycles. The first-order valence-electron chi connectivity index (χ1n) is 4.94. The van der Waals surface area contributed by atoms with Gasteiger partial charge in [0.25, 0.3) is 0 Å². The summed E-state index contributed by atoms with van der Waals surface area (Å²) < 4.78 is 0. The molecule has 3 heteroatoms. The number of rotatable bonds is 2. The quantitative estimate of drug-likeness (QED) is 0.712. The smallest absolute Gasteiger partial charge is 0.168 e. The number of carbonyl (C=O) groups excluding carboxylic acids is 1. The fourth-order valence-corrected chi connectivity index (χ4v) is 1.80. The van der Waals surface area contributed by atoms with E-state index in [1.165, 1.54) is 0 Å². The Kier molecular flexibility index (Phi) is 2.59. The second kappa shape index (κ2) is 3.88. The van der Waals surface area contributed by atoms with Crippen LogP contribution in [0.3, 0.4) is 0 Å². The monoisotopic (exact) mass is 190 g/mol. The molecular weight excluding hydrogens is 176 g/mol. The molecule has 0 aliphatic carbocycles. The number of hydrogen-bond donors (Lipinski definition) is 1. The van der Waals surface area contributed by atoms with Crippen LogP contribution in [0.4, 0.5) is 0 Å². The molecule has 74 valence electrons. The molecule has 1 saturated heterocycles. The third-order valence-corrected chi connectivity index (χ3v) is 2.59. The first-order chi connectivity index (χ1) is 6.77. The van der Waals surface area contributed by atoms with Gasteiger partial charge in [-0.2, -0.15) is 0 Å². The Hall–Kier alpha value is -1.22. The Morgan fingerprint density at radius 3 is 3.07 bits per heavy atom. The van der Waals surface area contributed by atoms with Crippen LogP contribution in [0.1, 0.15) is 22.3 Å². The van der Waals surface area contributed by atoms with E-state index in [1.807, 2.05) is 13.0 Å². The molecule has 1 unspecified atom stereocenters. The van der Waals surface area contributed by atoms with Gasteiger partial charge in [-0.1, -0.05) is 0 Å². The van der Waals surface area contributed by atoms with Crippen molar-refractivity contribution in [3.63, 3.8) is 0 Å². The fourth-order valence-electron chi connectivity index (χ4n) is 1.80. The third-order valence-electron chi connectivity index (χ3n) is 2.59. The molecule has 1 aliphatic heterocycles. The maximum Gasteiger partial charge on any atom is 0.168 e. The van der Waals surface area contributed by atoms with Crippen molar-refractivity contribution in [3.8, 4) is 0 Å². The van der Waals surface area contributed by atoms with Crippen LogP contribution >= 0.6 is 0 Å². The molecule has 2 rings (SSSR count). The third kappa shape index (κ3) is 1.82. The lowest BCUT2D eigenvalue weighted by atomic mass is 9.97. The van der Waals surface area contributed by atoms with Crippen molar-refractivity contribution in [1.82, 2.24) is 10.3 Å². The van der Waals surface area contributed by atoms with Gasteiger partial charge in [0, 0.05) is 30.4 Å². The summed E-state index contributed by atoms with van der Waals surface area (Å²) in [4.78, 5) is 16.0. The Morgan fingerprint density at radius 2 is 2.43 bits per heavy atom. The van der Waals surface area contributed by atoms with Crippen molar-refractivity contribution in [2.24, 2.45) is 5.92 Å². The molecule has 14 heavy (non-hydrogen) atoms. The SMILES string of the molecule is Cc1cncc(C(=O)C2CCNC2)c1. The highest BCUT2D eigenvalue weighted by Crippen LogP contribution is 2.15. The number of nitrogens with one attached hydrogen (secondary N) is 1. The van der Waals surface area contributed by atoms with Gasteiger partial charge >= 0.3 is 0 Å². The van der Waals surface area contributed by atoms with Crippen molar-refractivity contribution >= 4 is 5.78 Å². The van der Waals surface area contributed by atoms with Crippen LogP contribution in [0.15, 0.2) is 18.5 Å². The van der Waals surface area contributed by atoms with Crippen molar-refractivity contribution in [3.05, 3.63) is 29.6 Å². The van der Waals surface area contributed by atoms with Gasteiger partial charge in [0.15, 0.2) is 5.78 Å². The molecule has 1 N–H and O–H groups in total. The standard InChI is InChI=1S/C11H14N2O/c1-8-4-10(7-13-5-8)11(14)9-2-3-12-6-9/h4-5,7,9,12H,2-3,6H2,1H3. The fraction of sp³-hybridized carbons (Fsp3) is 0.455. The van der Waals surface area contributed by atoms with Crippen molar-refractivity contribution in [2.45, 2.75) is 13.3 Å². The van der Waals surface area contributed by atoms with Crippen LogP contribution in [0.25, 0.3) is 0 Å². The molecule has 1 aromatic rings. The van der Waals surface area contributed by atoms with Gasteiger partial charge in [0.05, 0.1) is 0 Å². The lowest BCUT2D eigenvalue weighted by Crippen LogP contribution is -2.18. The average molecular weight is 190 g/mol. The van der Waals surface area contributed by atoms with Crippen molar-refractivity contribution in [1.29, 1.82) is 0 Å². The largest absolute Gasteiger partial charge is 0.316 e. The van der Waals surface area contributed by atoms with E-state index in [9.17, 15) is 4.79 Å². The lowest BCUT2D eigenvalue weighted by molar-refractivity contribution is 0.0930. The maximum absolute atomic E-state index is 11.9. The topological polar surface area (TPSA) is 42.0 Å². The van der Waals surface area contributed by atoms with E-state index in [-0.39, 0.29) is 11.7 Å². The van der Waals surface area contributed by atoms with E-state index in [2.05, 4.69) is 10.3 Å². The summed E-state index contributed by atoms with van der Waals surface area (Å²) in [6.07, 6.45) is 4.38. The van der Waals surface area contributed by atoms with E-state index in [0.717, 1.165) is 30.6 Å². The summed E-state index contributed by atoms with van der Waals surface area (Å²) in [6, 6.07) is 1.91. The molecule has 1 fully saturated rings. The predicted molar refractivity (Wildman–Crippen MR) is 54.3 cm³/mol. The second-order valence-corrected chi connectivity index (χ2v) is 3.80. The number of aryl methyl sites for hydroxylation is 1. The molecule has 1 atom stereocenters. The van der Waals surface area contributed by atoms with E-state index in [0.29, 0.717) is 0 Å². The van der Waals surface area contributed by atoms with Crippen LogP contribution in [0, 0.1) is 12.8 Å². The molecule has 0 radical (unpaired) electrons. The van der Waals surface area contributed by atoms with E-state index >= 15 is 0 Å². The minimum Gasteiger partial charge on any atom is -0.316 e. The molecule has 3 nitrogen and oxygen atoms in total. The summed E-state index contributed by atoms with van der Waals surface area (Å²) >= 11 is 0. The zero-order valence-electron chi connectivity index (χ0n) is 8.29. The number of nitrogens with zero attached hydrogens (tertiary/aromatic N) is 1. The van der Waals surface area contributed by atoms with Crippen LogP contribution in [0.5, 0.6) is 0 Å². The van der Waals surface area contributed by atoms with Gasteiger partial charge in [0.2, 0.25) is 0 Å². The first-order valence-corrected chi connectivity index (χ1v) is 4.94. The zero-order valence-corrected chi connectivity index (χ0v) is 8.29. The maximum atomic E-state index is 11.9. The summed E-state index contributed by atoms with van der Waals surface area (Å²) in [5.41, 5.74) is 1.79. The number of pyridine rings is 1. The van der Waals surface area contributed by atoms with E-state index in [4.69, 9.17) is 0 Å². The molecule has 0 bridgehead atoms. The van der Waals surface area contributed by atoms with E-state index < -0.39 is 0 Å². The molecule has 0 saturated carbocycles. The summed E-state index contributed by atoms with van der Waals surface area (Å²) in [6.45, 7) is 3.72. The van der Waals surface area contributed by atoms with Gasteiger partial charge in [0.1, 0.15) is 0 Å². The molecule has 0 spiro atoms. The van der Waals surface area contributed by atoms with Crippen LogP contribution in [-0.4, -0.2) is 23.9 Å². The van der Waals surface area contributed by atoms with Gasteiger partial charge in [-0.3, -0.25) is 9.78 Å². The molecule has 1 aliphatic rings. The number of aromatic nitrogens is 1. The molecule has 0 amide bonds. The summed E-state index contributed by atoms with van der Waals surface area (Å²) in [7, 11) is 0. The zero-order chi connectivity index (χ0) is 9.97. The Bertz CT molecular complexity index is 343. The molecule has 2 heterocycles. The number of carbonyl (C=O) groups is 1. The summed E-state index contributed by atoms with van der Waals surface area (Å²) in [5.74, 6) is 0.379. The Balaban J connectivity index is 2.17. The van der Waals surface area contributed by atoms with Crippen LogP contribution in [-0.2, 0) is 0 Å². The van der Waals surface area contributed by atoms with Gasteiger partial charge in [-0.15, -0.1) is 0 Å². The normalized spacial score (nSPS) is 21.1. The van der Waals surface area contributed by atoms with Gasteiger partial charge in [-0.05, 0) is 31.5 Å². The minimum atomic E-state index is 0.151. The average Bonchev–Trinajstić information content (AvgIpc) is 2.69. The van der Waals surface area contributed by atoms with Crippen molar-refractivity contribution in [2.75, 3.05) is 13.1 Å². The molecule has 1 aromatic heterocycles.